The largest absolute Gasteiger partial charge is 0.385 e. The molecule has 0 aliphatic heterocycles. The van der Waals surface area contributed by atoms with Gasteiger partial charge in [0.25, 0.3) is 0 Å². The van der Waals surface area contributed by atoms with Gasteiger partial charge in [0.1, 0.15) is 0 Å². The highest BCUT2D eigenvalue weighted by atomic mass is 16.5. The molecule has 0 aliphatic rings. The number of methoxy groups -OCH3 is 1. The first-order valence-electron chi connectivity index (χ1n) is 4.92. The molecule has 0 aliphatic carbocycles. The maximum atomic E-state index is 5.03. The third kappa shape index (κ3) is 3.12. The molecule has 1 unspecified atom stereocenters. The van der Waals surface area contributed by atoms with Crippen molar-refractivity contribution in [3.8, 4) is 0 Å². The van der Waals surface area contributed by atoms with E-state index in [2.05, 4.69) is 10.4 Å². The van der Waals surface area contributed by atoms with Gasteiger partial charge >= 0.3 is 0 Å². The lowest BCUT2D eigenvalue weighted by molar-refractivity contribution is 0.189. The van der Waals surface area contributed by atoms with Gasteiger partial charge in [-0.1, -0.05) is 0 Å². The Morgan fingerprint density at radius 3 is 2.93 bits per heavy atom. The molecule has 1 atom stereocenters. The summed E-state index contributed by atoms with van der Waals surface area (Å²) < 4.78 is 6.86. The highest BCUT2D eigenvalue weighted by Gasteiger charge is 2.09. The topological polar surface area (TPSA) is 39.1 Å². The van der Waals surface area contributed by atoms with Crippen LogP contribution in [0, 0.1) is 0 Å². The zero-order valence-electron chi connectivity index (χ0n) is 9.16. The highest BCUT2D eigenvalue weighted by Crippen LogP contribution is 2.16. The molecular formula is C10H19N3O. The summed E-state index contributed by atoms with van der Waals surface area (Å²) in [5.74, 6) is 0. The molecule has 4 nitrogen and oxygen atoms in total. The number of rotatable bonds is 6. The molecule has 0 saturated carbocycles. The Morgan fingerprint density at radius 2 is 2.43 bits per heavy atom. The number of hydrogen-bond donors (Lipinski definition) is 1. The standard InChI is InChI=1S/C10H19N3O/c1-11-10(5-4-6-14-3)9-7-12-13(2)8-9/h7-8,10-11H,4-6H2,1-3H3. The third-order valence-electron chi connectivity index (χ3n) is 2.32. The van der Waals surface area contributed by atoms with Crippen LogP contribution in [0.25, 0.3) is 0 Å². The molecule has 0 spiro atoms. The maximum absolute atomic E-state index is 5.03. The molecule has 1 aromatic rings. The van der Waals surface area contributed by atoms with Crippen LogP contribution in [0.3, 0.4) is 0 Å². The van der Waals surface area contributed by atoms with Crippen LogP contribution in [0.1, 0.15) is 24.4 Å². The van der Waals surface area contributed by atoms with Crippen molar-refractivity contribution in [3.05, 3.63) is 18.0 Å². The summed E-state index contributed by atoms with van der Waals surface area (Å²) in [6.45, 7) is 0.818. The molecule has 0 fully saturated rings. The summed E-state index contributed by atoms with van der Waals surface area (Å²) in [7, 11) is 5.65. The van der Waals surface area contributed by atoms with Gasteiger partial charge in [-0.3, -0.25) is 4.68 Å². The minimum absolute atomic E-state index is 0.388. The van der Waals surface area contributed by atoms with Gasteiger partial charge in [-0.15, -0.1) is 0 Å². The van der Waals surface area contributed by atoms with E-state index in [0.717, 1.165) is 19.4 Å². The molecule has 0 amide bonds. The van der Waals surface area contributed by atoms with Crippen LogP contribution in [-0.2, 0) is 11.8 Å². The van der Waals surface area contributed by atoms with E-state index in [1.807, 2.05) is 31.2 Å². The fourth-order valence-corrected chi connectivity index (χ4v) is 1.53. The quantitative estimate of drug-likeness (QED) is 0.694. The second-order valence-electron chi connectivity index (χ2n) is 3.42. The Hall–Kier alpha value is -0.870. The van der Waals surface area contributed by atoms with Gasteiger partial charge < -0.3 is 10.1 Å². The van der Waals surface area contributed by atoms with Crippen LogP contribution in [0.5, 0.6) is 0 Å². The average Bonchev–Trinajstić information content (AvgIpc) is 2.60. The van der Waals surface area contributed by atoms with Crippen molar-refractivity contribution in [3.63, 3.8) is 0 Å². The number of ether oxygens (including phenoxy) is 1. The Bertz CT molecular complexity index is 260. The van der Waals surface area contributed by atoms with Gasteiger partial charge in [0.05, 0.1) is 6.20 Å². The van der Waals surface area contributed by atoms with Gasteiger partial charge in [-0.05, 0) is 19.9 Å². The molecule has 0 aromatic carbocycles. The molecule has 0 radical (unpaired) electrons. The lowest BCUT2D eigenvalue weighted by Crippen LogP contribution is -2.16. The molecule has 1 heterocycles. The van der Waals surface area contributed by atoms with Crippen molar-refractivity contribution in [2.24, 2.45) is 7.05 Å². The van der Waals surface area contributed by atoms with E-state index in [4.69, 9.17) is 4.74 Å². The Labute approximate surface area is 85.3 Å². The Balaban J connectivity index is 2.45. The lowest BCUT2D eigenvalue weighted by atomic mass is 10.1. The summed E-state index contributed by atoms with van der Waals surface area (Å²) in [4.78, 5) is 0. The van der Waals surface area contributed by atoms with Crippen molar-refractivity contribution >= 4 is 0 Å². The summed E-state index contributed by atoms with van der Waals surface area (Å²) in [5.41, 5.74) is 1.24. The van der Waals surface area contributed by atoms with Crippen LogP contribution in [0.2, 0.25) is 0 Å². The Kier molecular flexibility index (Phi) is 4.62. The summed E-state index contributed by atoms with van der Waals surface area (Å²) in [5, 5.41) is 7.44. The second-order valence-corrected chi connectivity index (χ2v) is 3.42. The van der Waals surface area contributed by atoms with E-state index in [1.54, 1.807) is 7.11 Å². The molecule has 80 valence electrons. The molecule has 0 saturated heterocycles. The number of hydrogen-bond acceptors (Lipinski definition) is 3. The van der Waals surface area contributed by atoms with Gasteiger partial charge in [0.15, 0.2) is 0 Å². The van der Waals surface area contributed by atoms with Crippen LogP contribution in [0.4, 0.5) is 0 Å². The molecule has 1 N–H and O–H groups in total. The van der Waals surface area contributed by atoms with Crippen molar-refractivity contribution < 1.29 is 4.74 Å². The zero-order valence-corrected chi connectivity index (χ0v) is 9.16. The van der Waals surface area contributed by atoms with E-state index in [-0.39, 0.29) is 0 Å². The van der Waals surface area contributed by atoms with Crippen molar-refractivity contribution in [1.29, 1.82) is 0 Å². The van der Waals surface area contributed by atoms with Crippen LogP contribution < -0.4 is 5.32 Å². The molecule has 0 bridgehead atoms. The number of aromatic nitrogens is 2. The zero-order chi connectivity index (χ0) is 10.4. The van der Waals surface area contributed by atoms with Gasteiger partial charge in [-0.25, -0.2) is 0 Å². The molecule has 14 heavy (non-hydrogen) atoms. The fourth-order valence-electron chi connectivity index (χ4n) is 1.53. The summed E-state index contributed by atoms with van der Waals surface area (Å²) in [6.07, 6.45) is 6.11. The monoisotopic (exact) mass is 197 g/mol. The van der Waals surface area contributed by atoms with Crippen molar-refractivity contribution in [2.75, 3.05) is 20.8 Å². The predicted octanol–water partition coefficient (Wildman–Crippen LogP) is 1.11. The summed E-state index contributed by atoms with van der Waals surface area (Å²) >= 11 is 0. The van der Waals surface area contributed by atoms with Crippen LogP contribution in [0.15, 0.2) is 12.4 Å². The smallest absolute Gasteiger partial charge is 0.0537 e. The first-order chi connectivity index (χ1) is 6.77. The second kappa shape index (κ2) is 5.78. The minimum Gasteiger partial charge on any atom is -0.385 e. The van der Waals surface area contributed by atoms with Crippen molar-refractivity contribution in [2.45, 2.75) is 18.9 Å². The molecule has 1 aromatic heterocycles. The van der Waals surface area contributed by atoms with Crippen LogP contribution in [-0.4, -0.2) is 30.5 Å². The van der Waals surface area contributed by atoms with Gasteiger partial charge in [0, 0.05) is 38.6 Å². The van der Waals surface area contributed by atoms with E-state index in [0.29, 0.717) is 6.04 Å². The lowest BCUT2D eigenvalue weighted by Gasteiger charge is -2.13. The maximum Gasteiger partial charge on any atom is 0.0537 e. The summed E-state index contributed by atoms with van der Waals surface area (Å²) in [6, 6.07) is 0.388. The molecule has 1 rings (SSSR count). The number of nitrogens with one attached hydrogen (secondary N) is 1. The first-order valence-corrected chi connectivity index (χ1v) is 4.92. The first kappa shape index (κ1) is 11.2. The van der Waals surface area contributed by atoms with Crippen molar-refractivity contribution in [1.82, 2.24) is 15.1 Å². The number of nitrogens with zero attached hydrogens (tertiary/aromatic N) is 2. The fraction of sp³-hybridized carbons (Fsp3) is 0.700. The van der Waals surface area contributed by atoms with Crippen LogP contribution >= 0.6 is 0 Å². The normalized spacial score (nSPS) is 13.1. The van der Waals surface area contributed by atoms with E-state index in [1.165, 1.54) is 5.56 Å². The van der Waals surface area contributed by atoms with Gasteiger partial charge in [-0.2, -0.15) is 5.10 Å². The predicted molar refractivity (Wildman–Crippen MR) is 56.1 cm³/mol. The average molecular weight is 197 g/mol. The minimum atomic E-state index is 0.388. The number of aryl methyl sites for hydroxylation is 1. The SMILES string of the molecule is CNC(CCCOC)c1cnn(C)c1. The van der Waals surface area contributed by atoms with E-state index >= 15 is 0 Å². The van der Waals surface area contributed by atoms with E-state index < -0.39 is 0 Å². The van der Waals surface area contributed by atoms with Gasteiger partial charge in [0.2, 0.25) is 0 Å². The highest BCUT2D eigenvalue weighted by molar-refractivity contribution is 5.09. The molecular weight excluding hydrogens is 178 g/mol. The Morgan fingerprint density at radius 1 is 1.64 bits per heavy atom. The molecule has 4 heteroatoms. The third-order valence-corrected chi connectivity index (χ3v) is 2.32. The van der Waals surface area contributed by atoms with E-state index in [9.17, 15) is 0 Å².